The molecule has 4 nitrogen and oxygen atoms in total. The van der Waals surface area contributed by atoms with E-state index in [-0.39, 0.29) is 5.56 Å². The predicted octanol–water partition coefficient (Wildman–Crippen LogP) is 1.96. The van der Waals surface area contributed by atoms with Crippen LogP contribution in [0.3, 0.4) is 0 Å². The Morgan fingerprint density at radius 3 is 2.93 bits per heavy atom. The first-order chi connectivity index (χ1) is 7.18. The standard InChI is InChI=1S/C11H15NO3/c1-12(8-3-2-4-8)7-10-9(11(13)14)5-6-15-10/h5-6,8H,2-4,7H2,1H3,(H,13,14). The van der Waals surface area contributed by atoms with E-state index in [0.29, 0.717) is 18.3 Å². The molecule has 0 radical (unpaired) electrons. The maximum absolute atomic E-state index is 10.8. The molecule has 0 amide bonds. The fourth-order valence-electron chi connectivity index (χ4n) is 1.84. The smallest absolute Gasteiger partial charge is 0.339 e. The van der Waals surface area contributed by atoms with Crippen LogP contribution in [-0.2, 0) is 6.54 Å². The van der Waals surface area contributed by atoms with Gasteiger partial charge >= 0.3 is 5.97 Å². The van der Waals surface area contributed by atoms with E-state index in [2.05, 4.69) is 4.90 Å². The quantitative estimate of drug-likeness (QED) is 0.823. The Kier molecular flexibility index (Phi) is 2.77. The number of hydrogen-bond donors (Lipinski definition) is 1. The third kappa shape index (κ3) is 2.04. The van der Waals surface area contributed by atoms with Crippen molar-refractivity contribution in [3.05, 3.63) is 23.7 Å². The Morgan fingerprint density at radius 1 is 1.67 bits per heavy atom. The maximum Gasteiger partial charge on any atom is 0.339 e. The van der Waals surface area contributed by atoms with Gasteiger partial charge in [0.1, 0.15) is 11.3 Å². The number of hydrogen-bond acceptors (Lipinski definition) is 3. The van der Waals surface area contributed by atoms with E-state index in [9.17, 15) is 4.79 Å². The third-order valence-corrected chi connectivity index (χ3v) is 3.07. The summed E-state index contributed by atoms with van der Waals surface area (Å²) in [5, 5.41) is 8.90. The Hall–Kier alpha value is -1.29. The lowest BCUT2D eigenvalue weighted by Gasteiger charge is -2.34. The predicted molar refractivity (Wildman–Crippen MR) is 54.8 cm³/mol. The van der Waals surface area contributed by atoms with Gasteiger partial charge in [-0.2, -0.15) is 0 Å². The molecule has 1 aromatic heterocycles. The molecule has 0 saturated heterocycles. The number of rotatable bonds is 4. The summed E-state index contributed by atoms with van der Waals surface area (Å²) in [6, 6.07) is 2.10. The Morgan fingerprint density at radius 2 is 2.40 bits per heavy atom. The molecule has 0 bridgehead atoms. The second kappa shape index (κ2) is 4.06. The van der Waals surface area contributed by atoms with Crippen LogP contribution in [0.2, 0.25) is 0 Å². The van der Waals surface area contributed by atoms with E-state index in [0.717, 1.165) is 0 Å². The normalized spacial score (nSPS) is 16.7. The van der Waals surface area contributed by atoms with Gasteiger partial charge in [0.05, 0.1) is 12.8 Å². The zero-order chi connectivity index (χ0) is 10.8. The summed E-state index contributed by atoms with van der Waals surface area (Å²) in [5.74, 6) is -0.363. The maximum atomic E-state index is 10.8. The van der Waals surface area contributed by atoms with Crippen LogP contribution in [0.5, 0.6) is 0 Å². The van der Waals surface area contributed by atoms with Crippen molar-refractivity contribution in [1.29, 1.82) is 0 Å². The van der Waals surface area contributed by atoms with Gasteiger partial charge in [-0.1, -0.05) is 6.42 Å². The van der Waals surface area contributed by atoms with Gasteiger partial charge in [0.15, 0.2) is 0 Å². The van der Waals surface area contributed by atoms with E-state index in [1.54, 1.807) is 0 Å². The number of carbonyl (C=O) groups is 1. The summed E-state index contributed by atoms with van der Waals surface area (Å²) in [5.41, 5.74) is 0.279. The monoisotopic (exact) mass is 209 g/mol. The fraction of sp³-hybridized carbons (Fsp3) is 0.545. The number of carboxylic acid groups (broad SMARTS) is 1. The summed E-state index contributed by atoms with van der Waals surface area (Å²) in [6.07, 6.45) is 5.13. The van der Waals surface area contributed by atoms with Crippen LogP contribution >= 0.6 is 0 Å². The number of nitrogens with zero attached hydrogens (tertiary/aromatic N) is 1. The highest BCUT2D eigenvalue weighted by atomic mass is 16.4. The lowest BCUT2D eigenvalue weighted by molar-refractivity contribution is 0.0690. The Balaban J connectivity index is 2.02. The minimum Gasteiger partial charge on any atom is -0.478 e. The zero-order valence-corrected chi connectivity index (χ0v) is 8.77. The van der Waals surface area contributed by atoms with Crippen molar-refractivity contribution in [2.24, 2.45) is 0 Å². The molecule has 1 saturated carbocycles. The minimum atomic E-state index is -0.916. The summed E-state index contributed by atoms with van der Waals surface area (Å²) in [7, 11) is 2.01. The van der Waals surface area contributed by atoms with Crippen LogP contribution in [0, 0.1) is 0 Å². The summed E-state index contributed by atoms with van der Waals surface area (Å²) >= 11 is 0. The summed E-state index contributed by atoms with van der Waals surface area (Å²) in [6.45, 7) is 0.583. The van der Waals surface area contributed by atoms with Crippen LogP contribution in [0.1, 0.15) is 35.4 Å². The molecule has 0 spiro atoms. The van der Waals surface area contributed by atoms with Crippen LogP contribution in [-0.4, -0.2) is 29.1 Å². The van der Waals surface area contributed by atoms with Gasteiger partial charge in [-0.3, -0.25) is 4.90 Å². The van der Waals surface area contributed by atoms with E-state index >= 15 is 0 Å². The Bertz CT molecular complexity index is 354. The lowest BCUT2D eigenvalue weighted by Crippen LogP contribution is -2.36. The molecule has 1 aromatic rings. The molecule has 0 unspecified atom stereocenters. The van der Waals surface area contributed by atoms with Gasteiger partial charge in [0, 0.05) is 6.04 Å². The zero-order valence-electron chi connectivity index (χ0n) is 8.77. The molecule has 0 aliphatic heterocycles. The molecule has 1 heterocycles. The molecule has 1 aliphatic rings. The highest BCUT2D eigenvalue weighted by Gasteiger charge is 2.24. The molecule has 4 heteroatoms. The van der Waals surface area contributed by atoms with Crippen molar-refractivity contribution in [1.82, 2.24) is 4.90 Å². The fourth-order valence-corrected chi connectivity index (χ4v) is 1.84. The van der Waals surface area contributed by atoms with Crippen molar-refractivity contribution in [3.63, 3.8) is 0 Å². The lowest BCUT2D eigenvalue weighted by atomic mass is 9.92. The minimum absolute atomic E-state index is 0.279. The molecule has 1 aliphatic carbocycles. The van der Waals surface area contributed by atoms with Crippen molar-refractivity contribution >= 4 is 5.97 Å². The van der Waals surface area contributed by atoms with Gasteiger partial charge in [-0.05, 0) is 26.0 Å². The van der Waals surface area contributed by atoms with Crippen molar-refractivity contribution in [2.75, 3.05) is 7.05 Å². The number of aromatic carboxylic acids is 1. The molecule has 82 valence electrons. The van der Waals surface area contributed by atoms with Crippen molar-refractivity contribution in [3.8, 4) is 0 Å². The average Bonchev–Trinajstić information content (AvgIpc) is 2.48. The van der Waals surface area contributed by atoms with Gasteiger partial charge < -0.3 is 9.52 Å². The first-order valence-electron chi connectivity index (χ1n) is 5.18. The first kappa shape index (κ1) is 10.2. The Labute approximate surface area is 88.5 Å². The second-order valence-corrected chi connectivity index (χ2v) is 4.06. The van der Waals surface area contributed by atoms with E-state index in [4.69, 9.17) is 9.52 Å². The van der Waals surface area contributed by atoms with Crippen LogP contribution < -0.4 is 0 Å². The average molecular weight is 209 g/mol. The van der Waals surface area contributed by atoms with Gasteiger partial charge in [-0.25, -0.2) is 4.79 Å². The second-order valence-electron chi connectivity index (χ2n) is 4.06. The number of furan rings is 1. The summed E-state index contributed by atoms with van der Waals surface area (Å²) in [4.78, 5) is 13.0. The highest BCUT2D eigenvalue weighted by Crippen LogP contribution is 2.25. The molecule has 0 aromatic carbocycles. The molecular formula is C11H15NO3. The van der Waals surface area contributed by atoms with Crippen LogP contribution in [0.25, 0.3) is 0 Å². The molecule has 0 atom stereocenters. The largest absolute Gasteiger partial charge is 0.478 e. The number of carboxylic acids is 1. The third-order valence-electron chi connectivity index (χ3n) is 3.07. The van der Waals surface area contributed by atoms with Crippen LogP contribution in [0.15, 0.2) is 16.7 Å². The molecule has 2 rings (SSSR count). The van der Waals surface area contributed by atoms with Crippen molar-refractivity contribution < 1.29 is 14.3 Å². The van der Waals surface area contributed by atoms with Crippen molar-refractivity contribution in [2.45, 2.75) is 31.8 Å². The SMILES string of the molecule is CN(Cc1occc1C(=O)O)C1CCC1. The molecule has 1 fully saturated rings. The van der Waals surface area contributed by atoms with E-state index in [1.165, 1.54) is 31.6 Å². The van der Waals surface area contributed by atoms with Gasteiger partial charge in [0.25, 0.3) is 0 Å². The first-order valence-corrected chi connectivity index (χ1v) is 5.18. The summed E-state index contributed by atoms with van der Waals surface area (Å²) < 4.78 is 5.19. The van der Waals surface area contributed by atoms with E-state index in [1.807, 2.05) is 7.05 Å². The van der Waals surface area contributed by atoms with Gasteiger partial charge in [0.2, 0.25) is 0 Å². The topological polar surface area (TPSA) is 53.7 Å². The molecule has 1 N–H and O–H groups in total. The van der Waals surface area contributed by atoms with E-state index < -0.39 is 5.97 Å². The highest BCUT2D eigenvalue weighted by molar-refractivity contribution is 5.88. The molecular weight excluding hydrogens is 194 g/mol. The van der Waals surface area contributed by atoms with Crippen LogP contribution in [0.4, 0.5) is 0 Å². The van der Waals surface area contributed by atoms with Gasteiger partial charge in [-0.15, -0.1) is 0 Å². The molecule has 15 heavy (non-hydrogen) atoms.